The van der Waals surface area contributed by atoms with Gasteiger partial charge in [0.1, 0.15) is 18.4 Å². The van der Waals surface area contributed by atoms with E-state index in [9.17, 15) is 9.59 Å². The summed E-state index contributed by atoms with van der Waals surface area (Å²) in [6.45, 7) is 9.33. The van der Waals surface area contributed by atoms with Gasteiger partial charge in [-0.25, -0.2) is 9.59 Å². The molecule has 9 nitrogen and oxygen atoms in total. The molecule has 3 aliphatic rings. The van der Waals surface area contributed by atoms with Gasteiger partial charge < -0.3 is 19.1 Å². The fourth-order valence-corrected chi connectivity index (χ4v) is 3.84. The monoisotopic (exact) mass is 390 g/mol. The Kier molecular flexibility index (Phi) is 5.63. The lowest BCUT2D eigenvalue weighted by atomic mass is 10.1. The van der Waals surface area contributed by atoms with Crippen molar-refractivity contribution < 1.29 is 23.8 Å². The zero-order valence-electron chi connectivity index (χ0n) is 16.1. The molecule has 0 N–H and O–H groups in total. The van der Waals surface area contributed by atoms with Gasteiger partial charge in [-0.15, -0.1) is 5.10 Å². The minimum atomic E-state index is -0.639. The van der Waals surface area contributed by atoms with Crippen LogP contribution in [-0.4, -0.2) is 77.4 Å². The van der Waals surface area contributed by atoms with E-state index in [-0.39, 0.29) is 11.6 Å². The molecule has 0 amide bonds. The van der Waals surface area contributed by atoms with Crippen LogP contribution in [0.3, 0.4) is 0 Å². The number of nitrogens with zero attached hydrogens (tertiary/aromatic N) is 4. The fourth-order valence-electron chi connectivity index (χ4n) is 3.84. The van der Waals surface area contributed by atoms with Crippen molar-refractivity contribution in [3.8, 4) is 11.6 Å². The van der Waals surface area contributed by atoms with Gasteiger partial charge in [0.2, 0.25) is 5.75 Å². The van der Waals surface area contributed by atoms with Crippen molar-refractivity contribution in [1.29, 1.82) is 0 Å². The Hall–Kier alpha value is -2.39. The van der Waals surface area contributed by atoms with Crippen LogP contribution in [0.2, 0.25) is 0 Å². The first-order chi connectivity index (χ1) is 13.6. The number of aryl methyl sites for hydroxylation is 1. The molecule has 0 radical (unpaired) electrons. The van der Waals surface area contributed by atoms with Crippen molar-refractivity contribution in [2.75, 3.05) is 45.9 Å². The summed E-state index contributed by atoms with van der Waals surface area (Å²) in [5, 5.41) is 4.47. The van der Waals surface area contributed by atoms with Gasteiger partial charge in [0.25, 0.3) is 5.88 Å². The number of carbonyl (C=O) groups is 2. The molecule has 4 rings (SSSR count). The van der Waals surface area contributed by atoms with Crippen LogP contribution >= 0.6 is 0 Å². The number of hydrogen-bond donors (Lipinski definition) is 0. The van der Waals surface area contributed by atoms with Crippen LogP contribution in [0, 0.1) is 0 Å². The van der Waals surface area contributed by atoms with Crippen molar-refractivity contribution in [1.82, 2.24) is 19.6 Å². The van der Waals surface area contributed by atoms with Gasteiger partial charge in [-0.05, 0) is 19.4 Å². The number of esters is 2. The van der Waals surface area contributed by atoms with Crippen LogP contribution in [0.5, 0.6) is 11.6 Å². The van der Waals surface area contributed by atoms with Crippen LogP contribution in [0.15, 0.2) is 12.2 Å². The van der Waals surface area contributed by atoms with E-state index >= 15 is 0 Å². The molecule has 0 spiro atoms. The maximum atomic E-state index is 12.0. The number of likely N-dealkylation sites (N-methyl/N-ethyl adjacent to an activating group) is 1. The molecule has 1 saturated heterocycles. The molecule has 3 aliphatic heterocycles. The number of rotatable bonds is 5. The van der Waals surface area contributed by atoms with Crippen LogP contribution < -0.4 is 9.47 Å². The molecule has 1 atom stereocenters. The maximum absolute atomic E-state index is 12.0. The summed E-state index contributed by atoms with van der Waals surface area (Å²) < 4.78 is 18.6. The molecule has 1 fully saturated rings. The third-order valence-electron chi connectivity index (χ3n) is 5.43. The second-order valence-corrected chi connectivity index (χ2v) is 7.19. The van der Waals surface area contributed by atoms with Gasteiger partial charge in [0.15, 0.2) is 0 Å². The maximum Gasteiger partial charge on any atom is 0.336 e. The molecule has 9 heteroatoms. The molecule has 0 aromatic carbocycles. The summed E-state index contributed by atoms with van der Waals surface area (Å²) in [5.41, 5.74) is 0.600. The van der Waals surface area contributed by atoms with Crippen molar-refractivity contribution in [3.05, 3.63) is 17.8 Å². The van der Waals surface area contributed by atoms with Gasteiger partial charge in [-0.3, -0.25) is 9.58 Å². The minimum Gasteiger partial charge on any atom is -0.473 e. The molecule has 0 bridgehead atoms. The average molecular weight is 390 g/mol. The van der Waals surface area contributed by atoms with Gasteiger partial charge in [-0.2, -0.15) is 0 Å². The number of carbonyl (C=O) groups excluding carboxylic acids is 2. The smallest absolute Gasteiger partial charge is 0.336 e. The predicted octanol–water partition coefficient (Wildman–Crippen LogP) is 0.753. The summed E-state index contributed by atoms with van der Waals surface area (Å²) in [4.78, 5) is 28.7. The SMILES string of the molecule is CCN1CCN(CCOc2nn3c4c2OC(=O)/C=C\C(=O)OC4CCC3)CC1. The number of hydrogen-bond acceptors (Lipinski definition) is 8. The topological polar surface area (TPSA) is 86.1 Å². The third kappa shape index (κ3) is 4.05. The Bertz CT molecular complexity index is 767. The highest BCUT2D eigenvalue weighted by Gasteiger charge is 2.34. The molecule has 28 heavy (non-hydrogen) atoms. The first kappa shape index (κ1) is 18.9. The molecule has 0 aliphatic carbocycles. The lowest BCUT2D eigenvalue weighted by Crippen LogP contribution is -2.47. The Morgan fingerprint density at radius 1 is 1.11 bits per heavy atom. The second-order valence-electron chi connectivity index (χ2n) is 7.19. The van der Waals surface area contributed by atoms with E-state index < -0.39 is 18.0 Å². The second kappa shape index (κ2) is 8.32. The van der Waals surface area contributed by atoms with E-state index in [1.54, 1.807) is 4.68 Å². The van der Waals surface area contributed by atoms with E-state index in [1.165, 1.54) is 0 Å². The Labute approximate surface area is 163 Å². The molecule has 1 aromatic heterocycles. The summed E-state index contributed by atoms with van der Waals surface area (Å²) in [6.07, 6.45) is 3.17. The van der Waals surface area contributed by atoms with E-state index in [4.69, 9.17) is 14.2 Å². The first-order valence-corrected chi connectivity index (χ1v) is 9.92. The normalized spacial score (nSPS) is 24.4. The number of ether oxygens (including phenoxy) is 3. The predicted molar refractivity (Wildman–Crippen MR) is 99.1 cm³/mol. The number of piperazine rings is 1. The Morgan fingerprint density at radius 3 is 2.64 bits per heavy atom. The van der Waals surface area contributed by atoms with Crippen LogP contribution in [0.25, 0.3) is 0 Å². The molecule has 1 unspecified atom stereocenters. The highest BCUT2D eigenvalue weighted by molar-refractivity contribution is 5.93. The van der Waals surface area contributed by atoms with Gasteiger partial charge in [0, 0.05) is 51.4 Å². The fraction of sp³-hybridized carbons (Fsp3) is 0.632. The largest absolute Gasteiger partial charge is 0.473 e. The summed E-state index contributed by atoms with van der Waals surface area (Å²) >= 11 is 0. The number of aromatic nitrogens is 2. The van der Waals surface area contributed by atoms with Crippen molar-refractivity contribution >= 4 is 11.9 Å². The lowest BCUT2D eigenvalue weighted by Gasteiger charge is -2.33. The van der Waals surface area contributed by atoms with E-state index in [0.717, 1.165) is 57.8 Å². The molecule has 4 heterocycles. The molecule has 0 saturated carbocycles. The standard InChI is InChI=1S/C19H26N4O5/c1-2-21-8-10-22(11-9-21)12-13-26-19-18-17-14(4-3-7-23(17)20-19)27-15(24)5-6-16(25)28-18/h5-6,14H,2-4,7-13H2,1H3/b6-5-. The van der Waals surface area contributed by atoms with Crippen molar-refractivity contribution in [2.24, 2.45) is 0 Å². The van der Waals surface area contributed by atoms with Crippen LogP contribution in [0.1, 0.15) is 31.6 Å². The zero-order valence-corrected chi connectivity index (χ0v) is 16.1. The van der Waals surface area contributed by atoms with E-state index in [0.29, 0.717) is 25.3 Å². The van der Waals surface area contributed by atoms with Gasteiger partial charge >= 0.3 is 11.9 Å². The molecular formula is C19H26N4O5. The van der Waals surface area contributed by atoms with Crippen LogP contribution in [0.4, 0.5) is 0 Å². The summed E-state index contributed by atoms with van der Waals surface area (Å²) in [5.74, 6) is -0.642. The Morgan fingerprint density at radius 2 is 1.86 bits per heavy atom. The quantitative estimate of drug-likeness (QED) is 0.681. The highest BCUT2D eigenvalue weighted by Crippen LogP contribution is 2.41. The van der Waals surface area contributed by atoms with Gasteiger partial charge in [-0.1, -0.05) is 6.92 Å². The average Bonchev–Trinajstić information content (AvgIpc) is 3.07. The van der Waals surface area contributed by atoms with Gasteiger partial charge in [0.05, 0.1) is 0 Å². The third-order valence-corrected chi connectivity index (χ3v) is 5.43. The minimum absolute atomic E-state index is 0.268. The highest BCUT2D eigenvalue weighted by atomic mass is 16.6. The summed E-state index contributed by atoms with van der Waals surface area (Å²) in [7, 11) is 0. The van der Waals surface area contributed by atoms with Crippen LogP contribution in [-0.2, 0) is 20.9 Å². The van der Waals surface area contributed by atoms with Crippen molar-refractivity contribution in [2.45, 2.75) is 32.4 Å². The van der Waals surface area contributed by atoms with E-state index in [1.807, 2.05) is 0 Å². The first-order valence-electron chi connectivity index (χ1n) is 9.92. The zero-order chi connectivity index (χ0) is 19.5. The lowest BCUT2D eigenvalue weighted by molar-refractivity contribution is -0.144. The molecule has 152 valence electrons. The summed E-state index contributed by atoms with van der Waals surface area (Å²) in [6, 6.07) is 0. The van der Waals surface area contributed by atoms with E-state index in [2.05, 4.69) is 21.8 Å². The van der Waals surface area contributed by atoms with Crippen molar-refractivity contribution in [3.63, 3.8) is 0 Å². The molecular weight excluding hydrogens is 364 g/mol. The Balaban J connectivity index is 1.46. The molecule has 1 aromatic rings.